The Hall–Kier alpha value is -3.55. The van der Waals surface area contributed by atoms with E-state index in [0.29, 0.717) is 29.5 Å². The molecule has 3 aromatic rings. The Kier molecular flexibility index (Phi) is 6.06. The molecule has 1 aliphatic heterocycles. The molecule has 0 aliphatic carbocycles. The average molecular weight is 422 g/mol. The molecule has 0 atom stereocenters. The lowest BCUT2D eigenvalue weighted by molar-refractivity contribution is 0.323. The maximum absolute atomic E-state index is 12.6. The van der Waals surface area contributed by atoms with Gasteiger partial charge >= 0.3 is 0 Å². The zero-order valence-corrected chi connectivity index (χ0v) is 18.0. The van der Waals surface area contributed by atoms with Gasteiger partial charge in [0.05, 0.1) is 27.0 Å². The van der Waals surface area contributed by atoms with Crippen molar-refractivity contribution in [2.24, 2.45) is 0 Å². The van der Waals surface area contributed by atoms with Crippen LogP contribution in [0.5, 0.6) is 17.2 Å². The number of rotatable bonds is 8. The summed E-state index contributed by atoms with van der Waals surface area (Å²) in [4.78, 5) is 23.6. The van der Waals surface area contributed by atoms with Crippen molar-refractivity contribution in [3.63, 3.8) is 0 Å². The quantitative estimate of drug-likeness (QED) is 0.552. The fourth-order valence-electron chi connectivity index (χ4n) is 3.90. The number of fused-ring (bicyclic) bond motifs is 1. The summed E-state index contributed by atoms with van der Waals surface area (Å²) < 4.78 is 18.0. The number of methoxy groups -OCH3 is 3. The molecule has 0 bridgehead atoms. The Balaban J connectivity index is 1.50. The number of hydrogen-bond donors (Lipinski definition) is 0. The molecule has 0 saturated heterocycles. The minimum atomic E-state index is -0.0241. The van der Waals surface area contributed by atoms with Crippen LogP contribution in [0.15, 0.2) is 47.5 Å². The van der Waals surface area contributed by atoms with Crippen molar-refractivity contribution in [2.45, 2.75) is 19.4 Å². The highest BCUT2D eigenvalue weighted by Crippen LogP contribution is 2.38. The first-order chi connectivity index (χ1) is 15.1. The van der Waals surface area contributed by atoms with Gasteiger partial charge in [-0.25, -0.2) is 4.98 Å². The lowest BCUT2D eigenvalue weighted by atomic mass is 10.1. The SMILES string of the molecule is COc1cc(CCCN2CCn3c2nc(-c2ccncc2)cc3=O)cc(OC)c1OC. The van der Waals surface area contributed by atoms with Gasteiger partial charge in [-0.15, -0.1) is 0 Å². The summed E-state index contributed by atoms with van der Waals surface area (Å²) >= 11 is 0. The zero-order chi connectivity index (χ0) is 21.8. The molecule has 1 aromatic carbocycles. The largest absolute Gasteiger partial charge is 0.493 e. The molecule has 0 radical (unpaired) electrons. The first-order valence-corrected chi connectivity index (χ1v) is 10.2. The zero-order valence-electron chi connectivity index (χ0n) is 18.0. The van der Waals surface area contributed by atoms with Gasteiger partial charge in [0.1, 0.15) is 0 Å². The standard InChI is InChI=1S/C23H26N4O4/c1-29-19-13-16(14-20(30-2)22(19)31-3)5-4-10-26-11-12-27-21(28)15-18(25-23(26)27)17-6-8-24-9-7-17/h6-9,13-15H,4-5,10-12H2,1-3H3. The number of nitrogens with zero attached hydrogens (tertiary/aromatic N) is 4. The fraction of sp³-hybridized carbons (Fsp3) is 0.348. The topological polar surface area (TPSA) is 78.7 Å². The molecular weight excluding hydrogens is 396 g/mol. The van der Waals surface area contributed by atoms with E-state index in [-0.39, 0.29) is 5.56 Å². The molecule has 8 heteroatoms. The van der Waals surface area contributed by atoms with Crippen molar-refractivity contribution in [1.29, 1.82) is 0 Å². The van der Waals surface area contributed by atoms with E-state index in [1.54, 1.807) is 44.4 Å². The fourth-order valence-corrected chi connectivity index (χ4v) is 3.90. The van der Waals surface area contributed by atoms with Gasteiger partial charge in [-0.2, -0.15) is 0 Å². The maximum atomic E-state index is 12.6. The molecule has 2 aromatic heterocycles. The second-order valence-corrected chi connectivity index (χ2v) is 7.29. The molecule has 162 valence electrons. The number of benzene rings is 1. The van der Waals surface area contributed by atoms with E-state index in [1.807, 2.05) is 24.3 Å². The number of anilines is 1. The van der Waals surface area contributed by atoms with E-state index in [9.17, 15) is 4.79 Å². The van der Waals surface area contributed by atoms with Gasteiger partial charge in [0.15, 0.2) is 11.5 Å². The minimum absolute atomic E-state index is 0.0241. The second-order valence-electron chi connectivity index (χ2n) is 7.29. The van der Waals surface area contributed by atoms with Crippen LogP contribution < -0.4 is 24.7 Å². The van der Waals surface area contributed by atoms with Gasteiger partial charge in [0.25, 0.3) is 5.56 Å². The van der Waals surface area contributed by atoms with E-state index in [4.69, 9.17) is 19.2 Å². The van der Waals surface area contributed by atoms with E-state index in [1.165, 1.54) is 0 Å². The lowest BCUT2D eigenvalue weighted by Gasteiger charge is -2.18. The molecule has 8 nitrogen and oxygen atoms in total. The van der Waals surface area contributed by atoms with Crippen molar-refractivity contribution in [2.75, 3.05) is 39.3 Å². The molecule has 0 fully saturated rings. The number of ether oxygens (including phenoxy) is 3. The van der Waals surface area contributed by atoms with Crippen LogP contribution in [-0.4, -0.2) is 49.0 Å². The second kappa shape index (κ2) is 9.07. The molecule has 0 spiro atoms. The van der Waals surface area contributed by atoms with E-state index in [2.05, 4.69) is 9.88 Å². The van der Waals surface area contributed by atoms with Gasteiger partial charge in [-0.1, -0.05) is 0 Å². The molecule has 3 heterocycles. The monoisotopic (exact) mass is 422 g/mol. The predicted molar refractivity (Wildman–Crippen MR) is 118 cm³/mol. The number of hydrogen-bond acceptors (Lipinski definition) is 7. The number of aromatic nitrogens is 3. The molecule has 1 aliphatic rings. The minimum Gasteiger partial charge on any atom is -0.493 e. The number of pyridine rings is 1. The van der Waals surface area contributed by atoms with E-state index >= 15 is 0 Å². The summed E-state index contributed by atoms with van der Waals surface area (Å²) in [7, 11) is 4.83. The van der Waals surface area contributed by atoms with Crippen molar-refractivity contribution in [1.82, 2.24) is 14.5 Å². The molecule has 0 saturated carbocycles. The summed E-state index contributed by atoms with van der Waals surface area (Å²) in [6, 6.07) is 9.27. The van der Waals surface area contributed by atoms with Gasteiger partial charge in [-0.05, 0) is 42.7 Å². The van der Waals surface area contributed by atoms with Crippen molar-refractivity contribution >= 4 is 5.95 Å². The first kappa shape index (κ1) is 20.7. The molecule has 0 N–H and O–H groups in total. The number of aryl methyl sites for hydroxylation is 1. The van der Waals surface area contributed by atoms with Crippen LogP contribution in [0, 0.1) is 0 Å². The third kappa shape index (κ3) is 4.19. The van der Waals surface area contributed by atoms with Crippen LogP contribution in [0.4, 0.5) is 5.95 Å². The summed E-state index contributed by atoms with van der Waals surface area (Å²) in [5.41, 5.74) is 2.64. The summed E-state index contributed by atoms with van der Waals surface area (Å²) in [6.45, 7) is 2.22. The summed E-state index contributed by atoms with van der Waals surface area (Å²) in [6.07, 6.45) is 5.14. The molecule has 31 heavy (non-hydrogen) atoms. The van der Waals surface area contributed by atoms with Crippen molar-refractivity contribution in [3.05, 3.63) is 58.6 Å². The third-order valence-electron chi connectivity index (χ3n) is 5.46. The van der Waals surface area contributed by atoms with E-state index in [0.717, 1.165) is 43.0 Å². The normalized spacial score (nSPS) is 12.5. The summed E-state index contributed by atoms with van der Waals surface area (Å²) in [5.74, 6) is 2.62. The summed E-state index contributed by atoms with van der Waals surface area (Å²) in [5, 5.41) is 0. The van der Waals surface area contributed by atoms with Gasteiger partial charge in [0, 0.05) is 43.7 Å². The van der Waals surface area contributed by atoms with Crippen LogP contribution in [0.2, 0.25) is 0 Å². The lowest BCUT2D eigenvalue weighted by Crippen LogP contribution is -2.24. The van der Waals surface area contributed by atoms with Crippen LogP contribution in [-0.2, 0) is 13.0 Å². The Bertz CT molecular complexity index is 1090. The Morgan fingerprint density at radius 1 is 0.968 bits per heavy atom. The van der Waals surface area contributed by atoms with Crippen LogP contribution in [0.25, 0.3) is 11.3 Å². The maximum Gasteiger partial charge on any atom is 0.255 e. The van der Waals surface area contributed by atoms with Crippen molar-refractivity contribution < 1.29 is 14.2 Å². The van der Waals surface area contributed by atoms with Gasteiger partial charge in [-0.3, -0.25) is 14.3 Å². The molecular formula is C23H26N4O4. The first-order valence-electron chi connectivity index (χ1n) is 10.2. The third-order valence-corrected chi connectivity index (χ3v) is 5.46. The highest BCUT2D eigenvalue weighted by atomic mass is 16.5. The van der Waals surface area contributed by atoms with Crippen molar-refractivity contribution in [3.8, 4) is 28.5 Å². The van der Waals surface area contributed by atoms with Gasteiger partial charge in [0.2, 0.25) is 11.7 Å². The van der Waals surface area contributed by atoms with Crippen LogP contribution >= 0.6 is 0 Å². The molecule has 0 amide bonds. The van der Waals surface area contributed by atoms with Crippen LogP contribution in [0.1, 0.15) is 12.0 Å². The highest BCUT2D eigenvalue weighted by molar-refractivity contribution is 5.60. The Morgan fingerprint density at radius 2 is 1.68 bits per heavy atom. The predicted octanol–water partition coefficient (Wildman–Crippen LogP) is 2.78. The Labute approximate surface area is 181 Å². The van der Waals surface area contributed by atoms with Gasteiger partial charge < -0.3 is 19.1 Å². The average Bonchev–Trinajstić information content (AvgIpc) is 3.22. The Morgan fingerprint density at radius 3 is 2.32 bits per heavy atom. The van der Waals surface area contributed by atoms with E-state index < -0.39 is 0 Å². The molecule has 0 unspecified atom stereocenters. The van der Waals surface area contributed by atoms with Crippen LogP contribution in [0.3, 0.4) is 0 Å². The molecule has 4 rings (SSSR count). The highest BCUT2D eigenvalue weighted by Gasteiger charge is 2.22. The smallest absolute Gasteiger partial charge is 0.255 e.